The molecule has 0 amide bonds. The number of likely N-dealkylation sites (N-methyl/N-ethyl adjacent to an activating group) is 1. The van der Waals surface area contributed by atoms with Crippen LogP contribution in [0, 0.1) is 0 Å². The van der Waals surface area contributed by atoms with Crippen LogP contribution in [0.5, 0.6) is 11.5 Å². The molecule has 0 saturated carbocycles. The maximum atomic E-state index is 13.4. The third-order valence-electron chi connectivity index (χ3n) is 9.77. The van der Waals surface area contributed by atoms with Gasteiger partial charge in [-0.25, -0.2) is 24.0 Å². The second kappa shape index (κ2) is 14.0. The number of aliphatic hydroxyl groups is 3. The Morgan fingerprint density at radius 3 is 2.23 bits per heavy atom. The van der Waals surface area contributed by atoms with Crippen LogP contribution in [0.25, 0.3) is 0 Å². The molecule has 1 spiro atoms. The second-order valence-corrected chi connectivity index (χ2v) is 12.9. The number of rotatable bonds is 14. The van der Waals surface area contributed by atoms with Crippen LogP contribution in [-0.4, -0.2) is 144 Å². The van der Waals surface area contributed by atoms with Crippen molar-refractivity contribution in [2.24, 2.45) is 0 Å². The molecule has 2 aliphatic heterocycles. The lowest BCUT2D eigenvalue weighted by Crippen LogP contribution is -2.74. The summed E-state index contributed by atoms with van der Waals surface area (Å²) in [4.78, 5) is 86.8. The normalized spacial score (nSPS) is 26.8. The first-order valence-corrected chi connectivity index (χ1v) is 15.8. The van der Waals surface area contributed by atoms with E-state index in [2.05, 4.69) is 4.74 Å². The van der Waals surface area contributed by atoms with Crippen molar-refractivity contribution in [2.75, 3.05) is 13.6 Å². The number of carboxylic acids is 3. The molecule has 2 bridgehead atoms. The average molecular weight is 738 g/mol. The van der Waals surface area contributed by atoms with Crippen LogP contribution in [0.1, 0.15) is 43.7 Å². The lowest BCUT2D eigenvalue weighted by atomic mass is 9.50. The van der Waals surface area contributed by atoms with Gasteiger partial charge in [-0.05, 0) is 51.1 Å². The van der Waals surface area contributed by atoms with Crippen molar-refractivity contribution in [2.45, 2.75) is 92.7 Å². The highest BCUT2D eigenvalue weighted by atomic mass is 16.6. The van der Waals surface area contributed by atoms with Crippen molar-refractivity contribution >= 4 is 41.8 Å². The molecule has 1 aromatic carbocycles. The Kier molecular flexibility index (Phi) is 10.2. The Bertz CT molecular complexity index is 1740. The van der Waals surface area contributed by atoms with Gasteiger partial charge in [-0.2, -0.15) is 0 Å². The number of ether oxygens (including phenoxy) is 5. The molecule has 20 heteroatoms. The van der Waals surface area contributed by atoms with Gasteiger partial charge in [0, 0.05) is 18.0 Å². The molecule has 282 valence electrons. The molecule has 1 fully saturated rings. The fourth-order valence-corrected chi connectivity index (χ4v) is 7.28. The van der Waals surface area contributed by atoms with Crippen molar-refractivity contribution in [1.82, 2.24) is 4.90 Å². The standard InChI is InChI=1S/C32H35NO19/c1-12(28(44)50-16(26(40)41)10-19(35)36)48-29(45)17(51-30(46)23(39)22(38)27(42)43)11-20(37)49-15-5-6-32(47)18-9-13-3-4-14(34)24-21(13)31(32,25(15)52-24)7-8-33(18)2/h3-5,12,16-18,22-23,25,34,38-39,47H,6-11H2,1-2H3,(H,35,36)(H,40,41)(H,42,43)/t12?,16?,17?,18-,22-,23-,25+,31+,32-/m1/s1. The highest BCUT2D eigenvalue weighted by Crippen LogP contribution is 2.65. The highest BCUT2D eigenvalue weighted by molar-refractivity contribution is 5.90. The first-order valence-electron chi connectivity index (χ1n) is 15.8. The van der Waals surface area contributed by atoms with Gasteiger partial charge >= 0.3 is 41.8 Å². The van der Waals surface area contributed by atoms with Gasteiger partial charge in [-0.1, -0.05) is 6.07 Å². The van der Waals surface area contributed by atoms with E-state index in [1.165, 1.54) is 12.1 Å². The Hall–Kier alpha value is -5.31. The quantitative estimate of drug-likeness (QED) is 0.0781. The maximum absolute atomic E-state index is 13.4. The van der Waals surface area contributed by atoms with Crippen LogP contribution in [0.2, 0.25) is 0 Å². The van der Waals surface area contributed by atoms with E-state index in [0.717, 1.165) is 12.5 Å². The number of carbonyl (C=O) groups is 7. The number of carbonyl (C=O) groups excluding carboxylic acids is 4. The van der Waals surface area contributed by atoms with Crippen LogP contribution >= 0.6 is 0 Å². The molecular formula is C32H35NO19. The first kappa shape index (κ1) is 37.9. The number of esters is 4. The molecule has 0 aromatic heterocycles. The average Bonchev–Trinajstić information content (AvgIpc) is 3.43. The number of phenols is 1. The summed E-state index contributed by atoms with van der Waals surface area (Å²) in [7, 11) is 1.86. The number of benzene rings is 1. The van der Waals surface area contributed by atoms with Crippen molar-refractivity contribution in [3.05, 3.63) is 35.1 Å². The lowest BCUT2D eigenvalue weighted by Gasteiger charge is -2.61. The topological polar surface area (TPSA) is 310 Å². The number of aromatic hydroxyl groups is 1. The number of phenolic OH excluding ortho intramolecular Hbond substituents is 1. The van der Waals surface area contributed by atoms with Gasteiger partial charge in [0.25, 0.3) is 0 Å². The first-order chi connectivity index (χ1) is 24.3. The Morgan fingerprint density at radius 2 is 1.60 bits per heavy atom. The molecular weight excluding hydrogens is 702 g/mol. The molecule has 2 aliphatic carbocycles. The molecule has 1 saturated heterocycles. The number of piperidine rings is 1. The molecule has 7 N–H and O–H groups in total. The highest BCUT2D eigenvalue weighted by Gasteiger charge is 2.72. The van der Waals surface area contributed by atoms with E-state index in [1.54, 1.807) is 6.07 Å². The minimum atomic E-state index is -2.77. The molecule has 4 aliphatic rings. The summed E-state index contributed by atoms with van der Waals surface area (Å²) in [6, 6.07) is 2.80. The summed E-state index contributed by atoms with van der Waals surface area (Å²) in [5.74, 6) is -12.2. The van der Waals surface area contributed by atoms with Crippen molar-refractivity contribution in [3.8, 4) is 11.5 Å². The summed E-state index contributed by atoms with van der Waals surface area (Å²) in [5, 5.41) is 69.4. The molecule has 0 radical (unpaired) electrons. The maximum Gasteiger partial charge on any atom is 0.348 e. The van der Waals surface area contributed by atoms with E-state index in [1.807, 2.05) is 11.9 Å². The summed E-state index contributed by atoms with van der Waals surface area (Å²) in [5.41, 5.74) is -1.22. The fourth-order valence-electron chi connectivity index (χ4n) is 7.28. The monoisotopic (exact) mass is 737 g/mol. The molecule has 3 unspecified atom stereocenters. The number of aliphatic carboxylic acids is 3. The van der Waals surface area contributed by atoms with Gasteiger partial charge < -0.3 is 64.3 Å². The number of likely N-dealkylation sites (tertiary alicyclic amines) is 1. The minimum absolute atomic E-state index is 0.0302. The van der Waals surface area contributed by atoms with E-state index < -0.39 is 102 Å². The Labute approximate surface area is 292 Å². The van der Waals surface area contributed by atoms with Crippen LogP contribution in [0.4, 0.5) is 0 Å². The molecule has 5 rings (SSSR count). The van der Waals surface area contributed by atoms with E-state index in [9.17, 15) is 54.0 Å². The van der Waals surface area contributed by atoms with Gasteiger partial charge in [0.15, 0.2) is 35.9 Å². The fraction of sp³-hybridized carbons (Fsp3) is 0.531. The van der Waals surface area contributed by atoms with Gasteiger partial charge in [0.1, 0.15) is 5.76 Å². The van der Waals surface area contributed by atoms with Crippen molar-refractivity contribution in [3.63, 3.8) is 0 Å². The number of carboxylic acid groups (broad SMARTS) is 3. The molecule has 9 atom stereocenters. The lowest BCUT2D eigenvalue weighted by molar-refractivity contribution is -0.189. The summed E-state index contributed by atoms with van der Waals surface area (Å²) < 4.78 is 26.0. The van der Waals surface area contributed by atoms with E-state index in [0.29, 0.717) is 24.9 Å². The van der Waals surface area contributed by atoms with E-state index in [4.69, 9.17) is 34.3 Å². The zero-order valence-corrected chi connectivity index (χ0v) is 27.5. The summed E-state index contributed by atoms with van der Waals surface area (Å²) in [6.45, 7) is 1.37. The smallest absolute Gasteiger partial charge is 0.348 e. The zero-order chi connectivity index (χ0) is 38.4. The predicted octanol–water partition coefficient (Wildman–Crippen LogP) is -2.28. The molecule has 2 heterocycles. The number of nitrogens with zero attached hydrogens (tertiary/aromatic N) is 1. The van der Waals surface area contributed by atoms with Crippen molar-refractivity contribution in [1.29, 1.82) is 0 Å². The van der Waals surface area contributed by atoms with Gasteiger partial charge in [0.05, 0.1) is 23.9 Å². The molecule has 52 heavy (non-hydrogen) atoms. The largest absolute Gasteiger partial charge is 0.504 e. The summed E-state index contributed by atoms with van der Waals surface area (Å²) >= 11 is 0. The zero-order valence-electron chi connectivity index (χ0n) is 27.5. The number of aliphatic hydroxyl groups excluding tert-OH is 2. The number of hydrogen-bond acceptors (Lipinski definition) is 17. The molecule has 1 aromatic rings. The Balaban J connectivity index is 1.37. The number of hydrogen-bond donors (Lipinski definition) is 7. The van der Waals surface area contributed by atoms with Crippen LogP contribution in [0.3, 0.4) is 0 Å². The van der Waals surface area contributed by atoms with Crippen LogP contribution in [-0.2, 0) is 64.3 Å². The van der Waals surface area contributed by atoms with E-state index >= 15 is 0 Å². The van der Waals surface area contributed by atoms with E-state index in [-0.39, 0.29) is 29.7 Å². The van der Waals surface area contributed by atoms with Crippen LogP contribution < -0.4 is 4.74 Å². The second-order valence-electron chi connectivity index (χ2n) is 12.9. The van der Waals surface area contributed by atoms with Gasteiger partial charge in [0.2, 0.25) is 12.2 Å². The van der Waals surface area contributed by atoms with Gasteiger partial charge in [-0.15, -0.1) is 0 Å². The minimum Gasteiger partial charge on any atom is -0.504 e. The predicted molar refractivity (Wildman–Crippen MR) is 162 cm³/mol. The van der Waals surface area contributed by atoms with Gasteiger partial charge in [-0.3, -0.25) is 9.59 Å². The molecule has 20 nitrogen and oxygen atoms in total. The Morgan fingerprint density at radius 1 is 0.923 bits per heavy atom. The van der Waals surface area contributed by atoms with Crippen LogP contribution in [0.15, 0.2) is 24.0 Å². The summed E-state index contributed by atoms with van der Waals surface area (Å²) in [6.07, 6.45) is -13.5. The SMILES string of the molecule is CC(OC(=O)C(CC(=O)OC1=CC[C@@]2(O)[C@H]3Cc4ccc(O)c5c4[C@@]2(CCN3C)[C@H]1O5)OC(=O)[C@H](O)[C@@H](O)C(=O)O)C(=O)OC(CC(=O)O)C(=O)O. The third kappa shape index (κ3) is 6.49. The third-order valence-corrected chi connectivity index (χ3v) is 9.77. The van der Waals surface area contributed by atoms with Crippen molar-refractivity contribution < 1.29 is 93.0 Å².